The smallest absolute Gasteiger partial charge is 0.266 e. The standard InChI is InChI=1S/C22H24F3N3O4/c1-12(13-5-6-13)9-14(29)10-16-18(22-30-7-8-31-22)21(27-11-26-16)28-32-17-4-2-3-15(19(17)23)20(24)25/h2-4,11-13,20,22H,5-10H2,1H3,(H,26,27,28)/t12-/m1/s1. The number of carbonyl (C=O) groups is 1. The van der Waals surface area contributed by atoms with E-state index in [9.17, 15) is 18.0 Å². The SMILES string of the molecule is C[C@H](CC(=O)Cc1ncnc(NOc2cccc(C(F)F)c2F)c1C1OCCO1)C1CC1. The molecule has 1 atom stereocenters. The molecule has 0 amide bonds. The van der Waals surface area contributed by atoms with E-state index >= 15 is 0 Å². The molecule has 0 bridgehead atoms. The molecule has 1 saturated carbocycles. The average Bonchev–Trinajstić information content (AvgIpc) is 3.48. The number of alkyl halides is 2. The molecule has 32 heavy (non-hydrogen) atoms. The Hall–Kier alpha value is -2.72. The first-order valence-corrected chi connectivity index (χ1v) is 10.5. The number of Topliss-reactive ketones (excluding diaryl/α,β-unsaturated/α-hetero) is 1. The molecule has 1 aromatic heterocycles. The van der Waals surface area contributed by atoms with Gasteiger partial charge in [0, 0.05) is 12.8 Å². The second-order valence-electron chi connectivity index (χ2n) is 8.05. The molecule has 10 heteroatoms. The van der Waals surface area contributed by atoms with Crippen LogP contribution in [0.5, 0.6) is 5.75 Å². The van der Waals surface area contributed by atoms with E-state index in [2.05, 4.69) is 22.4 Å². The Morgan fingerprint density at radius 1 is 1.25 bits per heavy atom. The van der Waals surface area contributed by atoms with Crippen molar-refractivity contribution in [3.05, 3.63) is 47.2 Å². The van der Waals surface area contributed by atoms with Gasteiger partial charge in [-0.2, -0.15) is 0 Å². The molecule has 1 aliphatic heterocycles. The van der Waals surface area contributed by atoms with Crippen molar-refractivity contribution in [2.24, 2.45) is 11.8 Å². The normalized spacial score (nSPS) is 17.5. The Morgan fingerprint density at radius 3 is 2.69 bits per heavy atom. The average molecular weight is 451 g/mol. The van der Waals surface area contributed by atoms with Gasteiger partial charge in [-0.1, -0.05) is 19.1 Å². The van der Waals surface area contributed by atoms with Gasteiger partial charge in [0.1, 0.15) is 12.1 Å². The maximum Gasteiger partial charge on any atom is 0.266 e. The predicted octanol–water partition coefficient (Wildman–Crippen LogP) is 4.55. The molecule has 2 aromatic rings. The summed E-state index contributed by atoms with van der Waals surface area (Å²) in [4.78, 5) is 26.2. The number of carbonyl (C=O) groups excluding carboxylic acids is 1. The summed E-state index contributed by atoms with van der Waals surface area (Å²) in [7, 11) is 0. The fraction of sp³-hybridized carbons (Fsp3) is 0.500. The van der Waals surface area contributed by atoms with E-state index in [1.54, 1.807) is 0 Å². The maximum atomic E-state index is 14.3. The third-order valence-electron chi connectivity index (χ3n) is 5.65. The lowest BCUT2D eigenvalue weighted by atomic mass is 9.96. The van der Waals surface area contributed by atoms with Gasteiger partial charge in [-0.05, 0) is 30.7 Å². The summed E-state index contributed by atoms with van der Waals surface area (Å²) in [6, 6.07) is 3.45. The number of nitrogens with one attached hydrogen (secondary N) is 1. The third kappa shape index (κ3) is 5.18. The Kier molecular flexibility index (Phi) is 6.90. The van der Waals surface area contributed by atoms with Crippen LogP contribution in [0.3, 0.4) is 0 Å². The number of ether oxygens (including phenoxy) is 2. The molecule has 4 rings (SSSR count). The van der Waals surface area contributed by atoms with Crippen LogP contribution < -0.4 is 10.3 Å². The minimum absolute atomic E-state index is 0.0323. The van der Waals surface area contributed by atoms with Gasteiger partial charge in [0.25, 0.3) is 6.43 Å². The first-order chi connectivity index (χ1) is 15.4. The van der Waals surface area contributed by atoms with Crippen molar-refractivity contribution in [2.75, 3.05) is 18.7 Å². The molecule has 1 aromatic carbocycles. The molecule has 0 radical (unpaired) electrons. The van der Waals surface area contributed by atoms with Crippen LogP contribution in [-0.2, 0) is 20.7 Å². The zero-order valence-corrected chi connectivity index (χ0v) is 17.5. The number of nitrogens with zero attached hydrogens (tertiary/aromatic N) is 2. The quantitative estimate of drug-likeness (QED) is 0.531. The summed E-state index contributed by atoms with van der Waals surface area (Å²) in [5, 5.41) is 0. The Morgan fingerprint density at radius 2 is 2.00 bits per heavy atom. The van der Waals surface area contributed by atoms with Crippen molar-refractivity contribution < 1.29 is 32.3 Å². The Bertz CT molecular complexity index is 965. The number of ketones is 1. The Balaban J connectivity index is 1.54. The second kappa shape index (κ2) is 9.83. The van der Waals surface area contributed by atoms with Crippen molar-refractivity contribution in [3.8, 4) is 5.75 Å². The van der Waals surface area contributed by atoms with Crippen molar-refractivity contribution in [1.82, 2.24) is 9.97 Å². The molecule has 1 N–H and O–H groups in total. The number of hydrogen-bond donors (Lipinski definition) is 1. The first-order valence-electron chi connectivity index (χ1n) is 10.5. The van der Waals surface area contributed by atoms with Crippen LogP contribution in [0.2, 0.25) is 0 Å². The monoisotopic (exact) mass is 451 g/mol. The highest BCUT2D eigenvalue weighted by atomic mass is 19.3. The maximum absolute atomic E-state index is 14.3. The predicted molar refractivity (Wildman–Crippen MR) is 108 cm³/mol. The van der Waals surface area contributed by atoms with Gasteiger partial charge in [0.05, 0.1) is 30.0 Å². The van der Waals surface area contributed by atoms with Crippen LogP contribution in [-0.4, -0.2) is 29.0 Å². The molecular weight excluding hydrogens is 427 g/mol. The van der Waals surface area contributed by atoms with Gasteiger partial charge < -0.3 is 14.3 Å². The molecular formula is C22H24F3N3O4. The zero-order valence-electron chi connectivity index (χ0n) is 17.5. The van der Waals surface area contributed by atoms with E-state index in [0.29, 0.717) is 42.7 Å². The second-order valence-corrected chi connectivity index (χ2v) is 8.05. The molecule has 1 saturated heterocycles. The summed E-state index contributed by atoms with van der Waals surface area (Å²) in [6.07, 6.45) is 0.251. The van der Waals surface area contributed by atoms with Crippen LogP contribution in [0, 0.1) is 17.7 Å². The largest absolute Gasteiger partial charge is 0.378 e. The van der Waals surface area contributed by atoms with E-state index in [1.165, 1.54) is 18.5 Å². The minimum Gasteiger partial charge on any atom is -0.378 e. The first kappa shape index (κ1) is 22.5. The van der Waals surface area contributed by atoms with Crippen molar-refractivity contribution in [3.63, 3.8) is 0 Å². The van der Waals surface area contributed by atoms with Crippen molar-refractivity contribution in [2.45, 2.75) is 45.3 Å². The van der Waals surface area contributed by atoms with Gasteiger partial charge in [-0.15, -0.1) is 0 Å². The molecule has 7 nitrogen and oxygen atoms in total. The number of anilines is 1. The van der Waals surface area contributed by atoms with Crippen molar-refractivity contribution >= 4 is 11.6 Å². The van der Waals surface area contributed by atoms with Crippen LogP contribution >= 0.6 is 0 Å². The summed E-state index contributed by atoms with van der Waals surface area (Å²) >= 11 is 0. The Labute approximate surface area is 183 Å². The summed E-state index contributed by atoms with van der Waals surface area (Å²) in [6.45, 7) is 2.76. The number of aromatic nitrogens is 2. The highest BCUT2D eigenvalue weighted by molar-refractivity contribution is 5.81. The zero-order chi connectivity index (χ0) is 22.7. The van der Waals surface area contributed by atoms with Gasteiger partial charge in [-0.25, -0.2) is 28.6 Å². The van der Waals surface area contributed by atoms with E-state index in [0.717, 1.165) is 18.9 Å². The van der Waals surface area contributed by atoms with Gasteiger partial charge >= 0.3 is 0 Å². The van der Waals surface area contributed by atoms with Crippen LogP contribution in [0.1, 0.15) is 55.7 Å². The number of hydrogen-bond acceptors (Lipinski definition) is 7. The summed E-state index contributed by atoms with van der Waals surface area (Å²) in [5.41, 5.74) is 2.49. The van der Waals surface area contributed by atoms with Crippen LogP contribution in [0.4, 0.5) is 19.0 Å². The lowest BCUT2D eigenvalue weighted by Gasteiger charge is -2.18. The molecule has 2 fully saturated rings. The van der Waals surface area contributed by atoms with E-state index in [-0.39, 0.29) is 18.0 Å². The van der Waals surface area contributed by atoms with Gasteiger partial charge in [-0.3, -0.25) is 4.79 Å². The topological polar surface area (TPSA) is 82.6 Å². The number of rotatable bonds is 10. The molecule has 0 spiro atoms. The van der Waals surface area contributed by atoms with Gasteiger partial charge in [0.2, 0.25) is 0 Å². The molecule has 2 aliphatic rings. The van der Waals surface area contributed by atoms with Crippen molar-refractivity contribution in [1.29, 1.82) is 0 Å². The minimum atomic E-state index is -2.98. The number of benzene rings is 1. The van der Waals surface area contributed by atoms with Crippen LogP contribution in [0.25, 0.3) is 0 Å². The van der Waals surface area contributed by atoms with E-state index < -0.39 is 29.8 Å². The highest BCUT2D eigenvalue weighted by Gasteiger charge is 2.31. The lowest BCUT2D eigenvalue weighted by molar-refractivity contribution is -0.119. The molecule has 2 heterocycles. The fourth-order valence-electron chi connectivity index (χ4n) is 3.76. The summed E-state index contributed by atoms with van der Waals surface area (Å²) in [5.74, 6) is -0.538. The lowest BCUT2D eigenvalue weighted by Crippen LogP contribution is -2.18. The summed E-state index contributed by atoms with van der Waals surface area (Å²) < 4.78 is 51.4. The fourth-order valence-corrected chi connectivity index (χ4v) is 3.76. The molecule has 0 unspecified atom stereocenters. The molecule has 1 aliphatic carbocycles. The highest BCUT2D eigenvalue weighted by Crippen LogP contribution is 2.38. The van der Waals surface area contributed by atoms with E-state index in [1.807, 2.05) is 0 Å². The van der Waals surface area contributed by atoms with Gasteiger partial charge in [0.15, 0.2) is 23.7 Å². The third-order valence-corrected chi connectivity index (χ3v) is 5.65. The molecule has 172 valence electrons. The van der Waals surface area contributed by atoms with E-state index in [4.69, 9.17) is 14.3 Å². The number of halogens is 3. The van der Waals surface area contributed by atoms with Crippen LogP contribution in [0.15, 0.2) is 24.5 Å².